The minimum atomic E-state index is 0.116. The van der Waals surface area contributed by atoms with E-state index in [0.29, 0.717) is 6.54 Å². The second kappa shape index (κ2) is 9.09. The quantitative estimate of drug-likeness (QED) is 0.780. The molecule has 1 saturated carbocycles. The monoisotopic (exact) mass is 396 g/mol. The van der Waals surface area contributed by atoms with Crippen molar-refractivity contribution in [1.29, 1.82) is 0 Å². The van der Waals surface area contributed by atoms with Crippen molar-refractivity contribution in [2.75, 3.05) is 39.3 Å². The predicted octanol–water partition coefficient (Wildman–Crippen LogP) is 2.73. The van der Waals surface area contributed by atoms with E-state index in [1.807, 2.05) is 13.0 Å². The maximum atomic E-state index is 12.6. The van der Waals surface area contributed by atoms with Gasteiger partial charge in [0.15, 0.2) is 5.76 Å². The molecule has 1 aromatic carbocycles. The van der Waals surface area contributed by atoms with Crippen LogP contribution < -0.4 is 5.32 Å². The maximum absolute atomic E-state index is 12.6. The van der Waals surface area contributed by atoms with E-state index >= 15 is 0 Å². The molecule has 0 radical (unpaired) electrons. The van der Waals surface area contributed by atoms with Crippen LogP contribution in [0.5, 0.6) is 0 Å². The second-order valence-electron chi connectivity index (χ2n) is 8.62. The van der Waals surface area contributed by atoms with Gasteiger partial charge in [0.25, 0.3) is 0 Å². The van der Waals surface area contributed by atoms with Gasteiger partial charge >= 0.3 is 0 Å². The second-order valence-corrected chi connectivity index (χ2v) is 8.62. The van der Waals surface area contributed by atoms with Gasteiger partial charge in [-0.3, -0.25) is 14.6 Å². The average molecular weight is 397 g/mol. The van der Waals surface area contributed by atoms with E-state index < -0.39 is 0 Å². The number of carbonyl (C=O) groups excluding carboxylic acids is 1. The molecule has 4 rings (SSSR count). The Morgan fingerprint density at radius 1 is 1.10 bits per heavy atom. The number of piperazine rings is 1. The summed E-state index contributed by atoms with van der Waals surface area (Å²) in [7, 11) is 0. The van der Waals surface area contributed by atoms with Crippen LogP contribution in [0, 0.1) is 6.92 Å². The lowest BCUT2D eigenvalue weighted by molar-refractivity contribution is -0.123. The number of rotatable bonds is 7. The Kier molecular flexibility index (Phi) is 6.31. The molecule has 1 aromatic heterocycles. The summed E-state index contributed by atoms with van der Waals surface area (Å²) in [5, 5.41) is 7.20. The Balaban J connectivity index is 1.23. The smallest absolute Gasteiger partial charge is 0.234 e. The molecule has 6 nitrogen and oxygen atoms in total. The highest BCUT2D eigenvalue weighted by Crippen LogP contribution is 2.40. The van der Waals surface area contributed by atoms with Crippen LogP contribution in [0.2, 0.25) is 0 Å². The number of hydrogen-bond acceptors (Lipinski definition) is 5. The summed E-state index contributed by atoms with van der Waals surface area (Å²) in [6, 6.07) is 12.7. The van der Waals surface area contributed by atoms with E-state index in [2.05, 4.69) is 50.6 Å². The van der Waals surface area contributed by atoms with Gasteiger partial charge in [-0.1, -0.05) is 48.3 Å². The Morgan fingerprint density at radius 2 is 1.79 bits per heavy atom. The van der Waals surface area contributed by atoms with Crippen LogP contribution in [0.4, 0.5) is 0 Å². The summed E-state index contributed by atoms with van der Waals surface area (Å²) in [5.74, 6) is 1.06. The number of aromatic nitrogens is 1. The fourth-order valence-electron chi connectivity index (χ4n) is 4.75. The first kappa shape index (κ1) is 20.1. The van der Waals surface area contributed by atoms with Gasteiger partial charge in [-0.25, -0.2) is 0 Å². The van der Waals surface area contributed by atoms with Crippen molar-refractivity contribution in [3.8, 4) is 0 Å². The van der Waals surface area contributed by atoms with Gasteiger partial charge in [0, 0.05) is 44.2 Å². The number of nitrogens with zero attached hydrogens (tertiary/aromatic N) is 3. The van der Waals surface area contributed by atoms with Crippen LogP contribution in [-0.2, 0) is 16.8 Å². The third kappa shape index (κ3) is 5.06. The Morgan fingerprint density at radius 3 is 2.45 bits per heavy atom. The van der Waals surface area contributed by atoms with Crippen molar-refractivity contribution in [2.24, 2.45) is 0 Å². The topological polar surface area (TPSA) is 61.6 Å². The van der Waals surface area contributed by atoms with Gasteiger partial charge < -0.3 is 9.84 Å². The fraction of sp³-hybridized carbons (Fsp3) is 0.565. The number of nitrogens with one attached hydrogen (secondary N) is 1. The van der Waals surface area contributed by atoms with Gasteiger partial charge in [0.1, 0.15) is 0 Å². The van der Waals surface area contributed by atoms with Crippen LogP contribution >= 0.6 is 0 Å². The minimum absolute atomic E-state index is 0.116. The zero-order valence-electron chi connectivity index (χ0n) is 17.4. The molecule has 2 aliphatic rings. The number of carbonyl (C=O) groups is 1. The molecule has 2 heterocycles. The van der Waals surface area contributed by atoms with Gasteiger partial charge in [-0.15, -0.1) is 0 Å². The van der Waals surface area contributed by atoms with Crippen molar-refractivity contribution in [2.45, 2.75) is 44.6 Å². The molecule has 156 valence electrons. The van der Waals surface area contributed by atoms with Crippen LogP contribution in [0.3, 0.4) is 0 Å². The summed E-state index contributed by atoms with van der Waals surface area (Å²) in [5.41, 5.74) is 2.41. The van der Waals surface area contributed by atoms with E-state index in [1.54, 1.807) is 0 Å². The number of benzene rings is 1. The highest BCUT2D eigenvalue weighted by Gasteiger charge is 2.35. The van der Waals surface area contributed by atoms with Crippen molar-refractivity contribution in [3.05, 3.63) is 53.4 Å². The average Bonchev–Trinajstić information content (AvgIpc) is 3.38. The third-order valence-corrected chi connectivity index (χ3v) is 6.46. The summed E-state index contributed by atoms with van der Waals surface area (Å²) in [6.07, 6.45) is 4.82. The molecule has 1 aliphatic heterocycles. The molecule has 1 aliphatic carbocycles. The summed E-state index contributed by atoms with van der Waals surface area (Å²) in [6.45, 7) is 7.68. The Hall–Kier alpha value is -2.18. The lowest BCUT2D eigenvalue weighted by Crippen LogP contribution is -2.50. The van der Waals surface area contributed by atoms with Crippen molar-refractivity contribution >= 4 is 5.91 Å². The summed E-state index contributed by atoms with van der Waals surface area (Å²) >= 11 is 0. The van der Waals surface area contributed by atoms with E-state index in [0.717, 1.165) is 63.6 Å². The summed E-state index contributed by atoms with van der Waals surface area (Å²) in [4.78, 5) is 17.2. The van der Waals surface area contributed by atoms with Crippen LogP contribution in [0.15, 0.2) is 40.9 Å². The molecule has 2 fully saturated rings. The molecule has 2 aromatic rings. The molecule has 0 unspecified atom stereocenters. The Labute approximate surface area is 173 Å². The Bertz CT molecular complexity index is 790. The molecular formula is C23H32N4O2. The third-order valence-electron chi connectivity index (χ3n) is 6.46. The first-order valence-electron chi connectivity index (χ1n) is 10.8. The lowest BCUT2D eigenvalue weighted by atomic mass is 9.79. The molecule has 0 spiro atoms. The molecule has 1 amide bonds. The SMILES string of the molecule is Cc1cc(CN2CCN(CC(=O)NCC3(c4ccccc4)CCCC3)CC2)on1. The van der Waals surface area contributed by atoms with E-state index in [9.17, 15) is 4.79 Å². The molecule has 6 heteroatoms. The minimum Gasteiger partial charge on any atom is -0.360 e. The van der Waals surface area contributed by atoms with Gasteiger partial charge in [-0.2, -0.15) is 0 Å². The molecule has 29 heavy (non-hydrogen) atoms. The van der Waals surface area contributed by atoms with E-state index in [1.165, 1.54) is 18.4 Å². The van der Waals surface area contributed by atoms with Crippen LogP contribution in [0.25, 0.3) is 0 Å². The molecule has 0 bridgehead atoms. The highest BCUT2D eigenvalue weighted by atomic mass is 16.5. The molecular weight excluding hydrogens is 364 g/mol. The largest absolute Gasteiger partial charge is 0.360 e. The molecule has 1 N–H and O–H groups in total. The number of aryl methyl sites for hydroxylation is 1. The fourth-order valence-corrected chi connectivity index (χ4v) is 4.75. The van der Waals surface area contributed by atoms with E-state index in [-0.39, 0.29) is 11.3 Å². The van der Waals surface area contributed by atoms with Crippen molar-refractivity contribution in [3.63, 3.8) is 0 Å². The molecule has 1 saturated heterocycles. The normalized spacial score (nSPS) is 20.0. The standard InChI is InChI=1S/C23H32N4O2/c1-19-15-21(29-25-19)16-26-11-13-27(14-12-26)17-22(28)24-18-23(9-5-6-10-23)20-7-3-2-4-8-20/h2-4,7-8,15H,5-6,9-14,16-18H2,1H3,(H,24,28). The van der Waals surface area contributed by atoms with Crippen molar-refractivity contribution in [1.82, 2.24) is 20.3 Å². The van der Waals surface area contributed by atoms with Gasteiger partial charge in [0.2, 0.25) is 5.91 Å². The number of hydrogen-bond donors (Lipinski definition) is 1. The molecule has 0 atom stereocenters. The first-order valence-corrected chi connectivity index (χ1v) is 10.8. The summed E-state index contributed by atoms with van der Waals surface area (Å²) < 4.78 is 5.32. The predicted molar refractivity (Wildman–Crippen MR) is 113 cm³/mol. The van der Waals surface area contributed by atoms with Gasteiger partial charge in [-0.05, 0) is 25.3 Å². The maximum Gasteiger partial charge on any atom is 0.234 e. The lowest BCUT2D eigenvalue weighted by Gasteiger charge is -2.34. The van der Waals surface area contributed by atoms with Crippen molar-refractivity contribution < 1.29 is 9.32 Å². The first-order chi connectivity index (χ1) is 14.1. The van der Waals surface area contributed by atoms with E-state index in [4.69, 9.17) is 4.52 Å². The highest BCUT2D eigenvalue weighted by molar-refractivity contribution is 5.78. The van der Waals surface area contributed by atoms with Crippen LogP contribution in [-0.4, -0.2) is 60.1 Å². The van der Waals surface area contributed by atoms with Crippen LogP contribution in [0.1, 0.15) is 42.7 Å². The van der Waals surface area contributed by atoms with Gasteiger partial charge in [0.05, 0.1) is 18.8 Å². The zero-order valence-corrected chi connectivity index (χ0v) is 17.4. The number of amides is 1. The zero-order chi connectivity index (χ0) is 20.1.